The Labute approximate surface area is 169 Å². The van der Waals surface area contributed by atoms with E-state index in [0.717, 1.165) is 17.8 Å². The zero-order chi connectivity index (χ0) is 21.4. The number of carboxylic acid groups (broad SMARTS) is 1. The highest BCUT2D eigenvalue weighted by molar-refractivity contribution is 8.18. The van der Waals surface area contributed by atoms with Gasteiger partial charge in [-0.1, -0.05) is 0 Å². The lowest BCUT2D eigenvalue weighted by Gasteiger charge is -2.14. The van der Waals surface area contributed by atoms with Crippen LogP contribution in [0.5, 0.6) is 17.2 Å². The molecule has 0 unspecified atom stereocenters. The van der Waals surface area contributed by atoms with Crippen molar-refractivity contribution in [3.8, 4) is 17.2 Å². The molecule has 0 aromatic heterocycles. The van der Waals surface area contributed by atoms with Gasteiger partial charge in [-0.3, -0.25) is 10.1 Å². The number of methoxy groups -OCH3 is 3. The van der Waals surface area contributed by atoms with Gasteiger partial charge in [-0.25, -0.2) is 9.59 Å². The van der Waals surface area contributed by atoms with Crippen molar-refractivity contribution in [1.82, 2.24) is 5.32 Å². The number of nitrogens with one attached hydrogen (secondary N) is 1. The summed E-state index contributed by atoms with van der Waals surface area (Å²) in [6, 6.07) is 3.10. The Balaban J connectivity index is 2.19. The maximum absolute atomic E-state index is 11.8. The van der Waals surface area contributed by atoms with E-state index in [0.29, 0.717) is 5.56 Å². The Morgan fingerprint density at radius 2 is 1.86 bits per heavy atom. The molecule has 1 aromatic rings. The summed E-state index contributed by atoms with van der Waals surface area (Å²) < 4.78 is 20.1. The van der Waals surface area contributed by atoms with Gasteiger partial charge in [-0.05, 0) is 23.9 Å². The van der Waals surface area contributed by atoms with Crippen molar-refractivity contribution in [1.29, 1.82) is 0 Å². The number of esters is 1. The maximum atomic E-state index is 11.8. The van der Waals surface area contributed by atoms with Crippen molar-refractivity contribution in [2.75, 3.05) is 27.9 Å². The number of hydrogen-bond acceptors (Lipinski definition) is 10. The lowest BCUT2D eigenvalue weighted by molar-refractivity contribution is -0.139. The number of amides is 1. The molecule has 0 saturated carbocycles. The fourth-order valence-electron chi connectivity index (χ4n) is 2.04. The molecule has 1 fully saturated rings. The first-order valence-corrected chi connectivity index (χ1v) is 8.70. The first-order valence-electron chi connectivity index (χ1n) is 7.88. The Morgan fingerprint density at radius 1 is 1.21 bits per heavy atom. The average molecular weight is 423 g/mol. The average Bonchev–Trinajstić information content (AvgIpc) is 3.04. The van der Waals surface area contributed by atoms with Crippen molar-refractivity contribution in [2.45, 2.75) is 0 Å². The molecule has 1 aromatic carbocycles. The molecule has 29 heavy (non-hydrogen) atoms. The smallest absolute Gasteiger partial charge is 0.341 e. The third-order valence-electron chi connectivity index (χ3n) is 3.28. The third-order valence-corrected chi connectivity index (χ3v) is 4.18. The summed E-state index contributed by atoms with van der Waals surface area (Å²) >= 11 is 0.936. The Hall–Kier alpha value is -3.54. The van der Waals surface area contributed by atoms with Crippen LogP contribution in [0.25, 0.3) is 0 Å². The van der Waals surface area contributed by atoms with Crippen LogP contribution in [0.15, 0.2) is 33.3 Å². The quantitative estimate of drug-likeness (QED) is 0.268. The van der Waals surface area contributed by atoms with Crippen LogP contribution in [-0.4, -0.2) is 62.3 Å². The van der Waals surface area contributed by atoms with E-state index >= 15 is 0 Å². The number of ether oxygens (including phenoxy) is 4. The molecule has 0 bridgehead atoms. The molecule has 1 aliphatic heterocycles. The van der Waals surface area contributed by atoms with E-state index in [2.05, 4.69) is 20.3 Å². The summed E-state index contributed by atoms with van der Waals surface area (Å²) in [5.74, 6) is -1.67. The fraction of sp³-hybridized carbons (Fsp3) is 0.235. The number of carbonyl (C=O) groups is 3. The van der Waals surface area contributed by atoms with Crippen LogP contribution in [-0.2, 0) is 19.1 Å². The summed E-state index contributed by atoms with van der Waals surface area (Å²) in [4.78, 5) is 33.8. The second kappa shape index (κ2) is 10.1. The molecule has 2 N–H and O–H groups in total. The summed E-state index contributed by atoms with van der Waals surface area (Å²) in [6.45, 7) is -0.563. The van der Waals surface area contributed by atoms with E-state index < -0.39 is 24.5 Å². The number of nitrogens with zero attached hydrogens (tertiary/aromatic N) is 2. The second-order valence-electron chi connectivity index (χ2n) is 5.17. The molecule has 1 aliphatic rings. The summed E-state index contributed by atoms with van der Waals surface area (Å²) in [5.41, 5.74) is 0.519. The number of benzene rings is 1. The number of hydrogen-bond donors (Lipinski definition) is 2. The van der Waals surface area contributed by atoms with Gasteiger partial charge < -0.3 is 24.1 Å². The van der Waals surface area contributed by atoms with E-state index in [1.807, 2.05) is 0 Å². The van der Waals surface area contributed by atoms with Gasteiger partial charge in [0.25, 0.3) is 5.91 Å². The summed E-state index contributed by atoms with van der Waals surface area (Å²) in [6.07, 6.45) is 2.42. The topological polar surface area (TPSA) is 145 Å². The van der Waals surface area contributed by atoms with Crippen molar-refractivity contribution >= 4 is 41.0 Å². The van der Waals surface area contributed by atoms with E-state index in [1.54, 1.807) is 12.1 Å². The predicted molar refractivity (Wildman–Crippen MR) is 104 cm³/mol. The zero-order valence-electron chi connectivity index (χ0n) is 15.6. The highest BCUT2D eigenvalue weighted by atomic mass is 32.2. The van der Waals surface area contributed by atoms with Gasteiger partial charge in [0, 0.05) is 11.6 Å². The Bertz CT molecular complexity index is 885. The van der Waals surface area contributed by atoms with E-state index in [9.17, 15) is 14.4 Å². The molecule has 2 rings (SSSR count). The summed E-state index contributed by atoms with van der Waals surface area (Å²) in [5, 5.41) is 19.2. The normalized spacial score (nSPS) is 16.2. The Morgan fingerprint density at radius 3 is 2.41 bits per heavy atom. The largest absolute Gasteiger partial charge is 0.493 e. The van der Waals surface area contributed by atoms with Crippen LogP contribution < -0.4 is 19.5 Å². The van der Waals surface area contributed by atoms with Gasteiger partial charge in [0.15, 0.2) is 23.3 Å². The van der Waals surface area contributed by atoms with E-state index in [4.69, 9.17) is 19.3 Å². The molecule has 154 valence electrons. The fourth-order valence-corrected chi connectivity index (χ4v) is 2.78. The van der Waals surface area contributed by atoms with Crippen LogP contribution in [0.4, 0.5) is 0 Å². The lowest BCUT2D eigenvalue weighted by Crippen LogP contribution is -2.19. The van der Waals surface area contributed by atoms with Crippen molar-refractivity contribution in [2.24, 2.45) is 10.2 Å². The number of rotatable bonds is 8. The second-order valence-corrected chi connectivity index (χ2v) is 6.21. The molecule has 0 atom stereocenters. The minimum absolute atomic E-state index is 0.133. The van der Waals surface area contributed by atoms with Gasteiger partial charge in [0.2, 0.25) is 5.75 Å². The van der Waals surface area contributed by atoms with Gasteiger partial charge in [-0.15, -0.1) is 5.10 Å². The number of amidine groups is 1. The Kier molecular flexibility index (Phi) is 7.60. The first-order chi connectivity index (χ1) is 13.9. The first kappa shape index (κ1) is 21.8. The number of thioether (sulfide) groups is 1. The van der Waals surface area contributed by atoms with Crippen molar-refractivity contribution in [3.63, 3.8) is 0 Å². The highest BCUT2D eigenvalue weighted by Gasteiger charge is 2.25. The van der Waals surface area contributed by atoms with E-state index in [-0.39, 0.29) is 27.3 Å². The SMILES string of the molecule is COC(=O)/C=C1/S/C(=N\N=Cc2cc(OC)c(OCC(=O)O)c(OC)c2)NC1=O. The minimum Gasteiger partial charge on any atom is -0.493 e. The van der Waals surface area contributed by atoms with E-state index in [1.165, 1.54) is 27.5 Å². The van der Waals surface area contributed by atoms with Gasteiger partial charge in [-0.2, -0.15) is 5.10 Å². The number of aliphatic carboxylic acids is 1. The standard InChI is InChI=1S/C17H17N3O8S/c1-25-10-4-9(5-11(26-2)15(10)28-8-13(21)22)7-18-20-17-19-16(24)12(29-17)6-14(23)27-3/h4-7H,8H2,1-3H3,(H,21,22)(H,19,20,24)/b12-6+,18-7?. The van der Waals surface area contributed by atoms with Gasteiger partial charge in [0.05, 0.1) is 32.4 Å². The molecular formula is C17H17N3O8S. The minimum atomic E-state index is -1.15. The third kappa shape index (κ3) is 5.97. The van der Waals surface area contributed by atoms with Crippen LogP contribution in [0.2, 0.25) is 0 Å². The van der Waals surface area contributed by atoms with Gasteiger partial charge >= 0.3 is 11.9 Å². The predicted octanol–water partition coefficient (Wildman–Crippen LogP) is 0.777. The molecule has 0 spiro atoms. The van der Waals surface area contributed by atoms with Crippen LogP contribution in [0, 0.1) is 0 Å². The molecule has 1 amide bonds. The van der Waals surface area contributed by atoms with Crippen LogP contribution >= 0.6 is 11.8 Å². The molecule has 1 saturated heterocycles. The molecule has 0 aliphatic carbocycles. The summed E-state index contributed by atoms with van der Waals surface area (Å²) in [7, 11) is 3.99. The highest BCUT2D eigenvalue weighted by Crippen LogP contribution is 2.38. The van der Waals surface area contributed by atoms with Crippen molar-refractivity contribution in [3.05, 3.63) is 28.7 Å². The molecule has 12 heteroatoms. The zero-order valence-corrected chi connectivity index (χ0v) is 16.4. The molecular weight excluding hydrogens is 406 g/mol. The number of carboxylic acids is 1. The molecule has 11 nitrogen and oxygen atoms in total. The van der Waals surface area contributed by atoms with Crippen molar-refractivity contribution < 1.29 is 38.4 Å². The van der Waals surface area contributed by atoms with Gasteiger partial charge in [0.1, 0.15) is 0 Å². The molecule has 1 heterocycles. The maximum Gasteiger partial charge on any atom is 0.341 e. The molecule has 0 radical (unpaired) electrons. The number of carbonyl (C=O) groups excluding carboxylic acids is 2. The monoisotopic (exact) mass is 423 g/mol. The van der Waals surface area contributed by atoms with Crippen LogP contribution in [0.3, 0.4) is 0 Å². The lowest BCUT2D eigenvalue weighted by atomic mass is 10.2. The van der Waals surface area contributed by atoms with Crippen LogP contribution in [0.1, 0.15) is 5.56 Å².